The minimum absolute atomic E-state index is 0.0106. The Balaban J connectivity index is 0.000000258. The zero-order valence-electron chi connectivity index (χ0n) is 36.8. The van der Waals surface area contributed by atoms with E-state index in [1.165, 1.54) is 33.4 Å². The van der Waals surface area contributed by atoms with Crippen LogP contribution in [0.15, 0.2) is 131 Å². The van der Waals surface area contributed by atoms with Crippen molar-refractivity contribution in [3.63, 3.8) is 0 Å². The van der Waals surface area contributed by atoms with Crippen molar-refractivity contribution in [1.82, 2.24) is 0 Å². The molecule has 0 N–H and O–H groups in total. The molecule has 0 atom stereocenters. The molecular weight excluding hydrogens is 689 g/mol. The van der Waals surface area contributed by atoms with Gasteiger partial charge in [-0.25, -0.2) is 8.42 Å². The van der Waals surface area contributed by atoms with Gasteiger partial charge in [0.05, 0.1) is 9.79 Å². The fourth-order valence-corrected chi connectivity index (χ4v) is 8.08. The van der Waals surface area contributed by atoms with E-state index in [4.69, 9.17) is 0 Å². The van der Waals surface area contributed by atoms with E-state index in [0.29, 0.717) is 9.79 Å². The average Bonchev–Trinajstić information content (AvgIpc) is 3.10. The van der Waals surface area contributed by atoms with Crippen LogP contribution in [0.5, 0.6) is 0 Å². The van der Waals surface area contributed by atoms with E-state index in [2.05, 4.69) is 184 Å². The van der Waals surface area contributed by atoms with Gasteiger partial charge in [0, 0.05) is 10.8 Å². The minimum Gasteiger partial charge on any atom is -0.219 e. The Kier molecular flexibility index (Phi) is 12.4. The lowest BCUT2D eigenvalue weighted by Crippen LogP contribution is -2.22. The van der Waals surface area contributed by atoms with Crippen LogP contribution in [-0.4, -0.2) is 8.42 Å². The van der Waals surface area contributed by atoms with E-state index in [-0.39, 0.29) is 32.5 Å². The maximum Gasteiger partial charge on any atom is 0.206 e. The maximum atomic E-state index is 12.8. The highest BCUT2D eigenvalue weighted by Gasteiger charge is 2.28. The molecule has 0 radical (unpaired) electrons. The first kappa shape index (κ1) is 43.8. The van der Waals surface area contributed by atoms with Crippen LogP contribution >= 0.6 is 0 Å². The zero-order valence-corrected chi connectivity index (χ0v) is 37.6. The quantitative estimate of drug-likeness (QED) is 0.173. The summed E-state index contributed by atoms with van der Waals surface area (Å²) in [6.07, 6.45) is 0. The molecule has 5 rings (SSSR count). The number of sulfone groups is 1. The Labute approximate surface area is 335 Å². The van der Waals surface area contributed by atoms with Crippen LogP contribution in [0, 0.1) is 0 Å². The molecule has 5 aromatic carbocycles. The van der Waals surface area contributed by atoms with Crippen molar-refractivity contribution >= 4 is 9.84 Å². The summed E-state index contributed by atoms with van der Waals surface area (Å²) < 4.78 is 25.5. The average molecular weight is 757 g/mol. The predicted octanol–water partition coefficient (Wildman–Crippen LogP) is 14.0. The molecule has 0 amide bonds. The third-order valence-corrected chi connectivity index (χ3v) is 13.1. The standard InChI is InChI=1S/C32H42.C20H26O2S/c1-29(2,3)23-11-15-25(16-12-23)31(7,8)27-19-21-28(22-20-27)32(9,10)26-17-13-24(14-18-26)30(4,5)6;1-19(2,3)15-7-11-17(12-8-15)23(21,22)18-13-9-16(10-14-18)20(4,5)6/h11-22H,1-10H3;7-14H,1-6H3. The fraction of sp³-hybridized carbons (Fsp3) is 0.423. The topological polar surface area (TPSA) is 34.1 Å². The van der Waals surface area contributed by atoms with Gasteiger partial charge in [0.15, 0.2) is 0 Å². The first-order valence-corrected chi connectivity index (χ1v) is 21.3. The summed E-state index contributed by atoms with van der Waals surface area (Å²) in [4.78, 5) is 0.683. The van der Waals surface area contributed by atoms with Crippen LogP contribution in [0.25, 0.3) is 0 Å². The molecule has 55 heavy (non-hydrogen) atoms. The van der Waals surface area contributed by atoms with Gasteiger partial charge in [0.1, 0.15) is 0 Å². The summed E-state index contributed by atoms with van der Waals surface area (Å²) >= 11 is 0. The van der Waals surface area contributed by atoms with Gasteiger partial charge in [0.2, 0.25) is 9.84 Å². The highest BCUT2D eigenvalue weighted by atomic mass is 32.2. The smallest absolute Gasteiger partial charge is 0.206 e. The third kappa shape index (κ3) is 10.3. The van der Waals surface area contributed by atoms with Crippen LogP contribution in [0.3, 0.4) is 0 Å². The van der Waals surface area contributed by atoms with Gasteiger partial charge < -0.3 is 0 Å². The van der Waals surface area contributed by atoms with E-state index in [0.717, 1.165) is 11.1 Å². The lowest BCUT2D eigenvalue weighted by molar-refractivity contribution is 0.584. The largest absolute Gasteiger partial charge is 0.219 e. The molecule has 0 bridgehead atoms. The van der Waals surface area contributed by atoms with Gasteiger partial charge >= 0.3 is 0 Å². The van der Waals surface area contributed by atoms with Gasteiger partial charge in [-0.2, -0.15) is 0 Å². The lowest BCUT2D eigenvalue weighted by Gasteiger charge is -2.30. The molecule has 0 aliphatic rings. The van der Waals surface area contributed by atoms with Gasteiger partial charge in [-0.05, 0) is 90.4 Å². The maximum absolute atomic E-state index is 12.8. The lowest BCUT2D eigenvalue weighted by atomic mass is 9.74. The summed E-state index contributed by atoms with van der Waals surface area (Å²) in [6.45, 7) is 35.6. The van der Waals surface area contributed by atoms with Crippen molar-refractivity contribution < 1.29 is 8.42 Å². The molecule has 5 aromatic rings. The zero-order chi connectivity index (χ0) is 41.4. The summed E-state index contributed by atoms with van der Waals surface area (Å²) in [7, 11) is -3.46. The second-order valence-electron chi connectivity index (χ2n) is 20.5. The van der Waals surface area contributed by atoms with E-state index in [1.54, 1.807) is 24.3 Å². The fourth-order valence-electron chi connectivity index (χ4n) is 6.81. The van der Waals surface area contributed by atoms with Crippen LogP contribution in [0.1, 0.15) is 155 Å². The second kappa shape index (κ2) is 15.5. The first-order chi connectivity index (χ1) is 25.1. The SMILES string of the molecule is CC(C)(C)c1ccc(C(C)(C)c2ccc(C(C)(C)c3ccc(C(C)(C)C)cc3)cc2)cc1.CC(C)(C)c1ccc(S(=O)(=O)c2ccc(C(C)(C)C)cc2)cc1. The Morgan fingerprint density at radius 1 is 0.255 bits per heavy atom. The van der Waals surface area contributed by atoms with E-state index >= 15 is 0 Å². The molecule has 0 saturated heterocycles. The Hall–Kier alpha value is -3.95. The summed E-state index contributed by atoms with van der Waals surface area (Å²) in [5.41, 5.74) is 10.7. The molecule has 2 nitrogen and oxygen atoms in total. The Morgan fingerprint density at radius 2 is 0.400 bits per heavy atom. The Bertz CT molecular complexity index is 1970. The minimum atomic E-state index is -3.46. The normalized spacial score (nSPS) is 13.2. The van der Waals surface area contributed by atoms with Gasteiger partial charge in [-0.1, -0.05) is 208 Å². The van der Waals surface area contributed by atoms with Crippen molar-refractivity contribution in [2.45, 2.75) is 153 Å². The number of hydrogen-bond acceptors (Lipinski definition) is 2. The third-order valence-electron chi connectivity index (χ3n) is 11.3. The molecule has 294 valence electrons. The first-order valence-electron chi connectivity index (χ1n) is 19.8. The van der Waals surface area contributed by atoms with E-state index < -0.39 is 9.84 Å². The van der Waals surface area contributed by atoms with Crippen LogP contribution in [-0.2, 0) is 42.3 Å². The molecule has 0 spiro atoms. The van der Waals surface area contributed by atoms with Crippen molar-refractivity contribution in [1.29, 1.82) is 0 Å². The number of rotatable bonds is 6. The van der Waals surface area contributed by atoms with Crippen LogP contribution in [0.2, 0.25) is 0 Å². The predicted molar refractivity (Wildman–Crippen MR) is 237 cm³/mol. The molecule has 0 fully saturated rings. The molecule has 0 saturated carbocycles. The monoisotopic (exact) mass is 756 g/mol. The molecule has 0 aromatic heterocycles. The molecule has 0 aliphatic carbocycles. The van der Waals surface area contributed by atoms with Crippen molar-refractivity contribution in [3.05, 3.63) is 166 Å². The van der Waals surface area contributed by atoms with Crippen molar-refractivity contribution in [3.8, 4) is 0 Å². The summed E-state index contributed by atoms with van der Waals surface area (Å²) in [5, 5.41) is 0. The Morgan fingerprint density at radius 3 is 0.564 bits per heavy atom. The van der Waals surface area contributed by atoms with E-state index in [1.807, 2.05) is 24.3 Å². The van der Waals surface area contributed by atoms with Crippen LogP contribution < -0.4 is 0 Å². The van der Waals surface area contributed by atoms with Crippen molar-refractivity contribution in [2.24, 2.45) is 0 Å². The highest BCUT2D eigenvalue weighted by Crippen LogP contribution is 2.37. The van der Waals surface area contributed by atoms with Crippen LogP contribution in [0.4, 0.5) is 0 Å². The molecule has 0 heterocycles. The molecular formula is C52H68O2S. The number of benzene rings is 5. The number of hydrogen-bond donors (Lipinski definition) is 0. The molecule has 0 aliphatic heterocycles. The highest BCUT2D eigenvalue weighted by molar-refractivity contribution is 7.91. The van der Waals surface area contributed by atoms with Gasteiger partial charge in [-0.3, -0.25) is 0 Å². The summed E-state index contributed by atoms with van der Waals surface area (Å²) in [6, 6.07) is 42.0. The summed E-state index contributed by atoms with van der Waals surface area (Å²) in [5.74, 6) is 0. The molecule has 3 heteroatoms. The van der Waals surface area contributed by atoms with E-state index in [9.17, 15) is 8.42 Å². The second-order valence-corrected chi connectivity index (χ2v) is 22.5. The molecule has 0 unspecified atom stereocenters. The van der Waals surface area contributed by atoms with Crippen molar-refractivity contribution in [2.75, 3.05) is 0 Å². The van der Waals surface area contributed by atoms with Gasteiger partial charge in [-0.15, -0.1) is 0 Å². The van der Waals surface area contributed by atoms with Gasteiger partial charge in [0.25, 0.3) is 0 Å².